The first-order chi connectivity index (χ1) is 15.4. The van der Waals surface area contributed by atoms with Crippen molar-refractivity contribution in [3.63, 3.8) is 0 Å². The topological polar surface area (TPSA) is 129 Å². The Morgan fingerprint density at radius 1 is 0.781 bits per heavy atom. The van der Waals surface area contributed by atoms with Gasteiger partial charge in [-0.25, -0.2) is 0 Å². The molecule has 0 fully saturated rings. The Kier molecular flexibility index (Phi) is 5.89. The third kappa shape index (κ3) is 4.05. The van der Waals surface area contributed by atoms with Gasteiger partial charge in [-0.1, -0.05) is 12.1 Å². The Morgan fingerprint density at radius 3 is 1.59 bits per heavy atom. The van der Waals surface area contributed by atoms with Crippen LogP contribution in [0.1, 0.15) is 19.3 Å². The summed E-state index contributed by atoms with van der Waals surface area (Å²) in [5.74, 6) is 0.537. The van der Waals surface area contributed by atoms with E-state index in [4.69, 9.17) is 20.9 Å². The minimum absolute atomic E-state index is 0.250. The van der Waals surface area contributed by atoms with Crippen LogP contribution in [0.2, 0.25) is 0 Å². The Bertz CT molecular complexity index is 1230. The van der Waals surface area contributed by atoms with Crippen LogP contribution >= 0.6 is 22.7 Å². The standard InChI is InChI=1S/C22H20N4O4S2/c1-29-13-7-3-5-11(9-13)25-20(27)18-16(23)15-17(24)19(32-22(15)31-18)21(28)26-12-6-4-8-14(10-12)30-2/h3-10H,23-24H2,1-2H3,(H,25,27)(H,26,28). The predicted octanol–water partition coefficient (Wildman–Crippen LogP) is 4.65. The average Bonchev–Trinajstić information content (AvgIpc) is 3.30. The van der Waals surface area contributed by atoms with Crippen molar-refractivity contribution < 1.29 is 19.1 Å². The number of nitrogens with one attached hydrogen (secondary N) is 2. The van der Waals surface area contributed by atoms with E-state index in [1.807, 2.05) is 0 Å². The highest BCUT2D eigenvalue weighted by Crippen LogP contribution is 2.45. The average molecular weight is 469 g/mol. The van der Waals surface area contributed by atoms with E-state index < -0.39 is 0 Å². The number of anilines is 4. The van der Waals surface area contributed by atoms with Crippen LogP contribution in [-0.4, -0.2) is 26.0 Å². The molecular weight excluding hydrogens is 448 g/mol. The molecule has 0 spiro atoms. The third-order valence-electron chi connectivity index (χ3n) is 4.69. The zero-order chi connectivity index (χ0) is 22.8. The van der Waals surface area contributed by atoms with Gasteiger partial charge in [-0.3, -0.25) is 9.59 Å². The molecule has 0 bridgehead atoms. The maximum atomic E-state index is 12.8. The number of fused-ring (bicyclic) bond motifs is 1. The van der Waals surface area contributed by atoms with Crippen LogP contribution in [0.25, 0.3) is 9.40 Å². The second kappa shape index (κ2) is 8.77. The molecule has 4 aromatic rings. The van der Waals surface area contributed by atoms with Crippen molar-refractivity contribution >= 4 is 66.6 Å². The molecule has 2 amide bonds. The van der Waals surface area contributed by atoms with Gasteiger partial charge in [-0.15, -0.1) is 22.7 Å². The van der Waals surface area contributed by atoms with E-state index in [1.165, 1.54) is 22.7 Å². The summed E-state index contributed by atoms with van der Waals surface area (Å²) in [6.45, 7) is 0. The van der Waals surface area contributed by atoms with Crippen LogP contribution < -0.4 is 31.6 Å². The predicted molar refractivity (Wildman–Crippen MR) is 130 cm³/mol. The fourth-order valence-electron chi connectivity index (χ4n) is 3.13. The van der Waals surface area contributed by atoms with Gasteiger partial charge in [-0.2, -0.15) is 0 Å². The Morgan fingerprint density at radius 2 is 1.22 bits per heavy atom. The molecule has 164 valence electrons. The van der Waals surface area contributed by atoms with Crippen LogP contribution in [-0.2, 0) is 0 Å². The minimum atomic E-state index is -0.356. The minimum Gasteiger partial charge on any atom is -0.497 e. The summed E-state index contributed by atoms with van der Waals surface area (Å²) in [7, 11) is 3.11. The highest BCUT2D eigenvalue weighted by atomic mass is 32.2. The summed E-state index contributed by atoms with van der Waals surface area (Å²) in [6.07, 6.45) is 0. The molecule has 0 aliphatic carbocycles. The molecule has 2 aromatic carbocycles. The SMILES string of the molecule is COc1cccc(NC(=O)c2sc3sc(C(=O)Nc4cccc(OC)c4)c(N)c3c2N)c1. The van der Waals surface area contributed by atoms with E-state index in [0.717, 1.165) is 0 Å². The molecule has 8 nitrogen and oxygen atoms in total. The zero-order valence-electron chi connectivity index (χ0n) is 17.2. The second-order valence-corrected chi connectivity index (χ2v) is 9.02. The summed E-state index contributed by atoms with van der Waals surface area (Å²) < 4.78 is 11.1. The number of methoxy groups -OCH3 is 2. The van der Waals surface area contributed by atoms with Gasteiger partial charge in [0.1, 0.15) is 21.3 Å². The van der Waals surface area contributed by atoms with E-state index in [0.29, 0.717) is 42.0 Å². The summed E-state index contributed by atoms with van der Waals surface area (Å²) in [4.78, 5) is 26.2. The van der Waals surface area contributed by atoms with Gasteiger partial charge in [-0.05, 0) is 24.3 Å². The number of amides is 2. The first-order valence-corrected chi connectivity index (χ1v) is 11.1. The number of carbonyl (C=O) groups is 2. The molecule has 0 aliphatic heterocycles. The molecule has 0 saturated heterocycles. The van der Waals surface area contributed by atoms with Crippen LogP contribution in [0.3, 0.4) is 0 Å². The maximum Gasteiger partial charge on any atom is 0.267 e. The van der Waals surface area contributed by atoms with Crippen molar-refractivity contribution in [2.24, 2.45) is 0 Å². The second-order valence-electron chi connectivity index (χ2n) is 6.72. The molecule has 0 aliphatic rings. The summed E-state index contributed by atoms with van der Waals surface area (Å²) in [5.41, 5.74) is 14.2. The molecular formula is C22H20N4O4S2. The summed E-state index contributed by atoms with van der Waals surface area (Å²) >= 11 is 2.39. The number of ether oxygens (including phenoxy) is 2. The van der Waals surface area contributed by atoms with Crippen LogP contribution in [0, 0.1) is 0 Å². The molecule has 0 saturated carbocycles. The molecule has 2 aromatic heterocycles. The van der Waals surface area contributed by atoms with E-state index in [2.05, 4.69) is 10.6 Å². The Labute approximate surface area is 191 Å². The number of hydrogen-bond acceptors (Lipinski definition) is 8. The Hall–Kier alpha value is -3.76. The van der Waals surface area contributed by atoms with Crippen molar-refractivity contribution in [2.75, 3.05) is 36.3 Å². The van der Waals surface area contributed by atoms with E-state index >= 15 is 0 Å². The highest BCUT2D eigenvalue weighted by molar-refractivity contribution is 7.40. The van der Waals surface area contributed by atoms with Crippen LogP contribution in [0.4, 0.5) is 22.7 Å². The molecule has 2 heterocycles. The normalized spacial score (nSPS) is 10.7. The van der Waals surface area contributed by atoms with Gasteiger partial charge in [0.05, 0.1) is 35.0 Å². The molecule has 0 unspecified atom stereocenters. The largest absolute Gasteiger partial charge is 0.497 e. The van der Waals surface area contributed by atoms with Crippen molar-refractivity contribution in [3.8, 4) is 11.5 Å². The molecule has 6 N–H and O–H groups in total. The fourth-order valence-corrected chi connectivity index (χ4v) is 5.52. The van der Waals surface area contributed by atoms with Gasteiger partial charge in [0, 0.05) is 23.5 Å². The lowest BCUT2D eigenvalue weighted by atomic mass is 10.2. The van der Waals surface area contributed by atoms with E-state index in [-0.39, 0.29) is 23.2 Å². The number of nitrogens with two attached hydrogens (primary N) is 2. The molecule has 32 heavy (non-hydrogen) atoms. The smallest absolute Gasteiger partial charge is 0.267 e. The lowest BCUT2D eigenvalue weighted by Gasteiger charge is -2.07. The van der Waals surface area contributed by atoms with Gasteiger partial charge in [0.25, 0.3) is 11.8 Å². The van der Waals surface area contributed by atoms with Crippen molar-refractivity contribution in [3.05, 3.63) is 58.3 Å². The number of nitrogen functional groups attached to an aromatic ring is 2. The quantitative estimate of drug-likeness (QED) is 0.326. The third-order valence-corrected chi connectivity index (χ3v) is 7.19. The monoisotopic (exact) mass is 468 g/mol. The highest BCUT2D eigenvalue weighted by Gasteiger charge is 2.25. The maximum absolute atomic E-state index is 12.8. The lowest BCUT2D eigenvalue weighted by Crippen LogP contribution is -2.13. The van der Waals surface area contributed by atoms with Gasteiger partial charge in [0.15, 0.2) is 0 Å². The van der Waals surface area contributed by atoms with Crippen molar-refractivity contribution in [2.45, 2.75) is 0 Å². The number of benzene rings is 2. The van der Waals surface area contributed by atoms with E-state index in [9.17, 15) is 9.59 Å². The van der Waals surface area contributed by atoms with Crippen LogP contribution in [0.5, 0.6) is 11.5 Å². The molecule has 0 radical (unpaired) electrons. The number of rotatable bonds is 6. The summed E-state index contributed by atoms with van der Waals surface area (Å²) in [6, 6.07) is 14.0. The Balaban J connectivity index is 1.58. The number of thiophene rings is 2. The van der Waals surface area contributed by atoms with Crippen molar-refractivity contribution in [1.82, 2.24) is 0 Å². The molecule has 4 rings (SSSR count). The molecule has 10 heteroatoms. The zero-order valence-corrected chi connectivity index (χ0v) is 18.9. The van der Waals surface area contributed by atoms with Gasteiger partial charge < -0.3 is 31.6 Å². The summed E-state index contributed by atoms with van der Waals surface area (Å²) in [5, 5.41) is 6.14. The lowest BCUT2D eigenvalue weighted by molar-refractivity contribution is 0.102. The fraction of sp³-hybridized carbons (Fsp3) is 0.0909. The number of carbonyl (C=O) groups excluding carboxylic acids is 2. The van der Waals surface area contributed by atoms with Gasteiger partial charge >= 0.3 is 0 Å². The first kappa shape index (κ1) is 21.5. The first-order valence-electron chi connectivity index (χ1n) is 9.42. The van der Waals surface area contributed by atoms with Crippen molar-refractivity contribution in [1.29, 1.82) is 0 Å². The number of hydrogen-bond donors (Lipinski definition) is 4. The van der Waals surface area contributed by atoms with E-state index in [1.54, 1.807) is 62.8 Å². The molecule has 0 atom stereocenters. The van der Waals surface area contributed by atoms with Crippen LogP contribution in [0.15, 0.2) is 48.5 Å². The van der Waals surface area contributed by atoms with Gasteiger partial charge in [0.2, 0.25) is 0 Å².